The Morgan fingerprint density at radius 3 is 2.96 bits per heavy atom. The van der Waals surface area contributed by atoms with E-state index in [1.165, 1.54) is 6.33 Å². The van der Waals surface area contributed by atoms with Gasteiger partial charge in [-0.05, 0) is 30.3 Å². The Kier molecular flexibility index (Phi) is 4.52. The van der Waals surface area contributed by atoms with Crippen molar-refractivity contribution in [2.45, 2.75) is 6.42 Å². The number of nitrogens with zero attached hydrogens (tertiary/aromatic N) is 3. The molecule has 8 heteroatoms. The summed E-state index contributed by atoms with van der Waals surface area (Å²) in [5.74, 6) is 0.501. The summed E-state index contributed by atoms with van der Waals surface area (Å²) in [5.41, 5.74) is 2.68. The lowest BCUT2D eigenvalue weighted by Crippen LogP contribution is -2.16. The molecular formula is C19H15ClN4O3. The standard InChI is InChI=1S/C19H15ClN4O3/c1-26-14-3-4-15-12(9-27-18(15)8-14)6-19(25)23-16-7-13(20)2-5-17(16)24-11-21-10-22-24/h2-5,7-11H,6H2,1H3,(H,23,25). The van der Waals surface area contributed by atoms with Gasteiger partial charge in [-0.2, -0.15) is 5.10 Å². The Morgan fingerprint density at radius 2 is 2.19 bits per heavy atom. The quantitative estimate of drug-likeness (QED) is 0.566. The molecule has 0 aliphatic rings. The summed E-state index contributed by atoms with van der Waals surface area (Å²) < 4.78 is 12.3. The number of fused-ring (bicyclic) bond motifs is 1. The lowest BCUT2D eigenvalue weighted by atomic mass is 10.1. The molecule has 0 atom stereocenters. The fourth-order valence-corrected chi connectivity index (χ4v) is 3.01. The van der Waals surface area contributed by atoms with Crippen LogP contribution in [0.3, 0.4) is 0 Å². The number of hydrogen-bond donors (Lipinski definition) is 1. The minimum absolute atomic E-state index is 0.155. The summed E-state index contributed by atoms with van der Waals surface area (Å²) in [6, 6.07) is 10.7. The molecule has 0 radical (unpaired) electrons. The van der Waals surface area contributed by atoms with E-state index >= 15 is 0 Å². The highest BCUT2D eigenvalue weighted by molar-refractivity contribution is 6.31. The highest BCUT2D eigenvalue weighted by atomic mass is 35.5. The van der Waals surface area contributed by atoms with Crippen molar-refractivity contribution in [3.05, 3.63) is 65.9 Å². The highest BCUT2D eigenvalue weighted by Crippen LogP contribution is 2.27. The molecule has 136 valence electrons. The molecule has 0 unspecified atom stereocenters. The number of carbonyl (C=O) groups excluding carboxylic acids is 1. The van der Waals surface area contributed by atoms with Crippen molar-refractivity contribution in [3.63, 3.8) is 0 Å². The van der Waals surface area contributed by atoms with E-state index in [0.717, 1.165) is 10.9 Å². The van der Waals surface area contributed by atoms with Gasteiger partial charge in [0.25, 0.3) is 0 Å². The summed E-state index contributed by atoms with van der Waals surface area (Å²) in [6.45, 7) is 0. The Bertz CT molecular complexity index is 1110. The Balaban J connectivity index is 1.58. The third-order valence-electron chi connectivity index (χ3n) is 4.11. The molecule has 1 amide bonds. The van der Waals surface area contributed by atoms with E-state index in [1.807, 2.05) is 12.1 Å². The predicted octanol–water partition coefficient (Wildman–Crippen LogP) is 3.86. The highest BCUT2D eigenvalue weighted by Gasteiger charge is 2.14. The molecule has 0 aliphatic heterocycles. The summed E-state index contributed by atoms with van der Waals surface area (Å²) in [4.78, 5) is 16.5. The normalized spacial score (nSPS) is 10.9. The molecule has 2 aromatic carbocycles. The van der Waals surface area contributed by atoms with Crippen LogP contribution in [0.4, 0.5) is 5.69 Å². The van der Waals surface area contributed by atoms with Crippen molar-refractivity contribution in [2.75, 3.05) is 12.4 Å². The van der Waals surface area contributed by atoms with Crippen LogP contribution in [-0.4, -0.2) is 27.8 Å². The SMILES string of the molecule is COc1ccc2c(CC(=O)Nc3cc(Cl)ccc3-n3cncn3)coc2c1. The predicted molar refractivity (Wildman–Crippen MR) is 101 cm³/mol. The number of hydrogen-bond acceptors (Lipinski definition) is 5. The van der Waals surface area contributed by atoms with Gasteiger partial charge in [0.2, 0.25) is 5.91 Å². The van der Waals surface area contributed by atoms with Crippen LogP contribution in [0.15, 0.2) is 59.7 Å². The van der Waals surface area contributed by atoms with Gasteiger partial charge in [0.1, 0.15) is 24.0 Å². The van der Waals surface area contributed by atoms with Crippen molar-refractivity contribution in [2.24, 2.45) is 0 Å². The van der Waals surface area contributed by atoms with Gasteiger partial charge in [-0.1, -0.05) is 11.6 Å². The zero-order valence-electron chi connectivity index (χ0n) is 14.3. The first-order valence-corrected chi connectivity index (χ1v) is 8.50. The van der Waals surface area contributed by atoms with Crippen molar-refractivity contribution in [1.29, 1.82) is 0 Å². The van der Waals surface area contributed by atoms with E-state index in [-0.39, 0.29) is 12.3 Å². The number of halogens is 1. The third kappa shape index (κ3) is 3.50. The van der Waals surface area contributed by atoms with Crippen molar-refractivity contribution in [1.82, 2.24) is 14.8 Å². The summed E-state index contributed by atoms with van der Waals surface area (Å²) in [5, 5.41) is 8.37. The van der Waals surface area contributed by atoms with E-state index in [0.29, 0.717) is 27.7 Å². The van der Waals surface area contributed by atoms with Crippen LogP contribution in [0.1, 0.15) is 5.56 Å². The first kappa shape index (κ1) is 17.1. The van der Waals surface area contributed by atoms with E-state index < -0.39 is 0 Å². The molecule has 4 rings (SSSR count). The van der Waals surface area contributed by atoms with E-state index in [9.17, 15) is 4.79 Å². The van der Waals surface area contributed by atoms with Crippen LogP contribution in [-0.2, 0) is 11.2 Å². The minimum atomic E-state index is -0.197. The zero-order chi connectivity index (χ0) is 18.8. The van der Waals surface area contributed by atoms with Crippen LogP contribution in [0.5, 0.6) is 5.75 Å². The van der Waals surface area contributed by atoms with Gasteiger partial charge in [-0.15, -0.1) is 0 Å². The number of amides is 1. The van der Waals surface area contributed by atoms with Crippen molar-refractivity contribution < 1.29 is 13.9 Å². The molecule has 0 saturated heterocycles. The van der Waals surface area contributed by atoms with Crippen molar-refractivity contribution >= 4 is 34.2 Å². The van der Waals surface area contributed by atoms with Crippen LogP contribution in [0.25, 0.3) is 16.7 Å². The molecule has 7 nitrogen and oxygen atoms in total. The summed E-state index contributed by atoms with van der Waals surface area (Å²) in [7, 11) is 1.59. The van der Waals surface area contributed by atoms with Crippen LogP contribution < -0.4 is 10.1 Å². The van der Waals surface area contributed by atoms with Crippen LogP contribution in [0.2, 0.25) is 5.02 Å². The average Bonchev–Trinajstić information content (AvgIpc) is 3.32. The Morgan fingerprint density at radius 1 is 1.30 bits per heavy atom. The molecule has 0 saturated carbocycles. The number of nitrogens with one attached hydrogen (secondary N) is 1. The van der Waals surface area contributed by atoms with E-state index in [1.54, 1.807) is 48.6 Å². The van der Waals surface area contributed by atoms with Gasteiger partial charge >= 0.3 is 0 Å². The smallest absolute Gasteiger partial charge is 0.228 e. The van der Waals surface area contributed by atoms with Gasteiger partial charge in [0.15, 0.2) is 0 Å². The topological polar surface area (TPSA) is 82.2 Å². The molecule has 0 aliphatic carbocycles. The second-order valence-electron chi connectivity index (χ2n) is 5.85. The molecule has 4 aromatic rings. The number of rotatable bonds is 5. The number of aromatic nitrogens is 3. The second-order valence-corrected chi connectivity index (χ2v) is 6.29. The van der Waals surface area contributed by atoms with Crippen LogP contribution >= 0.6 is 11.6 Å². The fourth-order valence-electron chi connectivity index (χ4n) is 2.84. The fraction of sp³-hybridized carbons (Fsp3) is 0.105. The minimum Gasteiger partial charge on any atom is -0.497 e. The maximum atomic E-state index is 12.6. The van der Waals surface area contributed by atoms with E-state index in [2.05, 4.69) is 15.4 Å². The molecule has 0 spiro atoms. The number of carbonyl (C=O) groups is 1. The van der Waals surface area contributed by atoms with Gasteiger partial charge < -0.3 is 14.5 Å². The van der Waals surface area contributed by atoms with Gasteiger partial charge in [0.05, 0.1) is 31.2 Å². The van der Waals surface area contributed by atoms with Crippen molar-refractivity contribution in [3.8, 4) is 11.4 Å². The lowest BCUT2D eigenvalue weighted by molar-refractivity contribution is -0.115. The molecule has 0 bridgehead atoms. The van der Waals surface area contributed by atoms with Gasteiger partial charge in [-0.3, -0.25) is 4.79 Å². The molecule has 2 heterocycles. The number of methoxy groups -OCH3 is 1. The first-order valence-electron chi connectivity index (χ1n) is 8.12. The molecule has 0 fully saturated rings. The summed E-state index contributed by atoms with van der Waals surface area (Å²) >= 11 is 6.09. The second kappa shape index (κ2) is 7.13. The van der Waals surface area contributed by atoms with E-state index in [4.69, 9.17) is 20.8 Å². The third-order valence-corrected chi connectivity index (χ3v) is 4.35. The number of furan rings is 1. The first-order chi connectivity index (χ1) is 13.1. The summed E-state index contributed by atoms with van der Waals surface area (Å²) in [6.07, 6.45) is 4.71. The Hall–Kier alpha value is -3.32. The molecule has 2 aromatic heterocycles. The largest absolute Gasteiger partial charge is 0.497 e. The monoisotopic (exact) mass is 382 g/mol. The maximum absolute atomic E-state index is 12.6. The number of ether oxygens (including phenoxy) is 1. The molecular weight excluding hydrogens is 368 g/mol. The lowest BCUT2D eigenvalue weighted by Gasteiger charge is -2.11. The van der Waals surface area contributed by atoms with Gasteiger partial charge in [-0.25, -0.2) is 9.67 Å². The van der Waals surface area contributed by atoms with Crippen LogP contribution in [0, 0.1) is 0 Å². The Labute approximate surface area is 159 Å². The molecule has 27 heavy (non-hydrogen) atoms. The molecule has 1 N–H and O–H groups in total. The van der Waals surface area contributed by atoms with Gasteiger partial charge in [0, 0.05) is 22.0 Å². The average molecular weight is 383 g/mol. The number of anilines is 1. The maximum Gasteiger partial charge on any atom is 0.228 e. The number of benzene rings is 2. The zero-order valence-corrected chi connectivity index (χ0v) is 15.1.